The van der Waals surface area contributed by atoms with Crippen LogP contribution in [0, 0.1) is 0 Å². The Bertz CT molecular complexity index is 1200. The molecule has 0 spiro atoms. The molecular formula is C24H25N5O2S. The molecule has 7 nitrogen and oxygen atoms in total. The summed E-state index contributed by atoms with van der Waals surface area (Å²) in [6, 6.07) is 17.6. The Labute approximate surface area is 191 Å². The molecular weight excluding hydrogens is 422 g/mol. The van der Waals surface area contributed by atoms with Crippen LogP contribution in [0.4, 0.5) is 11.4 Å². The zero-order valence-corrected chi connectivity index (χ0v) is 19.1. The molecule has 164 valence electrons. The van der Waals surface area contributed by atoms with Gasteiger partial charge in [-0.15, -0.1) is 0 Å². The first-order valence-electron chi connectivity index (χ1n) is 10.2. The highest BCUT2D eigenvalue weighted by atomic mass is 32.2. The predicted molar refractivity (Wildman–Crippen MR) is 129 cm³/mol. The molecule has 2 heterocycles. The zero-order chi connectivity index (χ0) is 22.5. The van der Waals surface area contributed by atoms with Crippen LogP contribution in [0.15, 0.2) is 72.1 Å². The Morgan fingerprint density at radius 3 is 2.53 bits per heavy atom. The van der Waals surface area contributed by atoms with E-state index in [9.17, 15) is 4.79 Å². The molecule has 0 aliphatic heterocycles. The number of carbonyl (C=O) groups excluding carboxylic acids is 1. The van der Waals surface area contributed by atoms with E-state index in [0.717, 1.165) is 44.6 Å². The summed E-state index contributed by atoms with van der Waals surface area (Å²) in [5.41, 5.74) is 4.64. The number of ether oxygens (including phenoxy) is 1. The molecule has 1 amide bonds. The summed E-state index contributed by atoms with van der Waals surface area (Å²) in [5.74, 6) is 1.44. The molecule has 8 heteroatoms. The van der Waals surface area contributed by atoms with E-state index in [0.29, 0.717) is 0 Å². The van der Waals surface area contributed by atoms with Gasteiger partial charge in [-0.05, 0) is 48.0 Å². The SMILES string of the molecule is COc1ccc(CSc2nc3ccncc3n2CC(=O)Nc2ccc(N(C)C)cc2)cc1. The second-order valence-corrected chi connectivity index (χ2v) is 8.41. The molecule has 4 aromatic rings. The minimum absolute atomic E-state index is 0.114. The first-order chi connectivity index (χ1) is 15.5. The minimum Gasteiger partial charge on any atom is -0.497 e. The Balaban J connectivity index is 1.50. The fourth-order valence-corrected chi connectivity index (χ4v) is 4.24. The van der Waals surface area contributed by atoms with Crippen LogP contribution in [0.25, 0.3) is 11.0 Å². The molecule has 2 aromatic carbocycles. The van der Waals surface area contributed by atoms with Gasteiger partial charge in [0.1, 0.15) is 12.3 Å². The monoisotopic (exact) mass is 447 g/mol. The summed E-state index contributed by atoms with van der Waals surface area (Å²) in [6.07, 6.45) is 3.46. The van der Waals surface area contributed by atoms with E-state index in [-0.39, 0.29) is 12.5 Å². The largest absolute Gasteiger partial charge is 0.497 e. The van der Waals surface area contributed by atoms with Crippen LogP contribution in [0.5, 0.6) is 5.75 Å². The van der Waals surface area contributed by atoms with E-state index < -0.39 is 0 Å². The number of thioether (sulfide) groups is 1. The van der Waals surface area contributed by atoms with E-state index in [4.69, 9.17) is 9.72 Å². The maximum atomic E-state index is 12.8. The van der Waals surface area contributed by atoms with E-state index in [1.165, 1.54) is 0 Å². The molecule has 1 N–H and O–H groups in total. The van der Waals surface area contributed by atoms with Crippen molar-refractivity contribution >= 4 is 40.1 Å². The number of nitrogens with zero attached hydrogens (tertiary/aromatic N) is 4. The van der Waals surface area contributed by atoms with Gasteiger partial charge in [0, 0.05) is 37.4 Å². The molecule has 0 radical (unpaired) electrons. The number of anilines is 2. The van der Waals surface area contributed by atoms with Gasteiger partial charge >= 0.3 is 0 Å². The number of rotatable bonds is 8. The summed E-state index contributed by atoms with van der Waals surface area (Å²) in [7, 11) is 5.62. The van der Waals surface area contributed by atoms with Gasteiger partial charge in [0.25, 0.3) is 0 Å². The first-order valence-corrected chi connectivity index (χ1v) is 11.2. The van der Waals surface area contributed by atoms with Crippen LogP contribution < -0.4 is 15.0 Å². The minimum atomic E-state index is -0.114. The molecule has 0 fully saturated rings. The number of fused-ring (bicyclic) bond motifs is 1. The third-order valence-corrected chi connectivity index (χ3v) is 6.06. The van der Waals surface area contributed by atoms with Gasteiger partial charge in [0.15, 0.2) is 5.16 Å². The molecule has 0 aliphatic rings. The number of aromatic nitrogens is 3. The van der Waals surface area contributed by atoms with Crippen molar-refractivity contribution in [1.29, 1.82) is 0 Å². The lowest BCUT2D eigenvalue weighted by Crippen LogP contribution is -2.19. The number of amides is 1. The van der Waals surface area contributed by atoms with Gasteiger partial charge in [0.05, 0.1) is 24.3 Å². The van der Waals surface area contributed by atoms with Crippen LogP contribution in [0.1, 0.15) is 5.56 Å². The van der Waals surface area contributed by atoms with Crippen LogP contribution >= 0.6 is 11.8 Å². The quantitative estimate of drug-likeness (QED) is 0.403. The number of carbonyl (C=O) groups is 1. The summed E-state index contributed by atoms with van der Waals surface area (Å²) in [6.45, 7) is 0.155. The summed E-state index contributed by atoms with van der Waals surface area (Å²) < 4.78 is 7.14. The maximum Gasteiger partial charge on any atom is 0.244 e. The fourth-order valence-electron chi connectivity index (χ4n) is 3.27. The molecule has 0 aliphatic carbocycles. The van der Waals surface area contributed by atoms with Crippen LogP contribution in [0.3, 0.4) is 0 Å². The number of benzene rings is 2. The van der Waals surface area contributed by atoms with Crippen molar-refractivity contribution in [2.75, 3.05) is 31.4 Å². The van der Waals surface area contributed by atoms with Gasteiger partial charge < -0.3 is 19.5 Å². The molecule has 0 atom stereocenters. The predicted octanol–water partition coefficient (Wildman–Crippen LogP) is 4.44. The highest BCUT2D eigenvalue weighted by Crippen LogP contribution is 2.27. The lowest BCUT2D eigenvalue weighted by molar-refractivity contribution is -0.116. The lowest BCUT2D eigenvalue weighted by Gasteiger charge is -2.13. The smallest absolute Gasteiger partial charge is 0.244 e. The van der Waals surface area contributed by atoms with Gasteiger partial charge in [-0.3, -0.25) is 9.78 Å². The van der Waals surface area contributed by atoms with Gasteiger partial charge in [-0.2, -0.15) is 0 Å². The van der Waals surface area contributed by atoms with Crippen molar-refractivity contribution < 1.29 is 9.53 Å². The normalized spacial score (nSPS) is 10.8. The average molecular weight is 448 g/mol. The van der Waals surface area contributed by atoms with Crippen molar-refractivity contribution in [3.05, 3.63) is 72.6 Å². The Morgan fingerprint density at radius 2 is 1.84 bits per heavy atom. The molecule has 0 saturated carbocycles. The average Bonchev–Trinajstić information content (AvgIpc) is 3.15. The van der Waals surface area contributed by atoms with E-state index in [1.807, 2.05) is 78.2 Å². The number of nitrogens with one attached hydrogen (secondary N) is 1. The summed E-state index contributed by atoms with van der Waals surface area (Å²) in [5, 5.41) is 3.75. The molecule has 32 heavy (non-hydrogen) atoms. The van der Waals surface area contributed by atoms with Gasteiger partial charge in [-0.1, -0.05) is 23.9 Å². The van der Waals surface area contributed by atoms with Gasteiger partial charge in [-0.25, -0.2) is 4.98 Å². The highest BCUT2D eigenvalue weighted by molar-refractivity contribution is 7.98. The van der Waals surface area contributed by atoms with E-state index >= 15 is 0 Å². The van der Waals surface area contributed by atoms with Crippen molar-refractivity contribution in [1.82, 2.24) is 14.5 Å². The van der Waals surface area contributed by atoms with Crippen LogP contribution in [0.2, 0.25) is 0 Å². The zero-order valence-electron chi connectivity index (χ0n) is 18.3. The second-order valence-electron chi connectivity index (χ2n) is 7.47. The van der Waals surface area contributed by atoms with E-state index in [2.05, 4.69) is 10.3 Å². The van der Waals surface area contributed by atoms with Crippen molar-refractivity contribution in [3.63, 3.8) is 0 Å². The standard InChI is InChI=1S/C24H25N5O2S/c1-28(2)19-8-6-18(7-9-19)26-23(30)15-29-22-14-25-13-12-21(22)27-24(29)32-16-17-4-10-20(31-3)11-5-17/h4-14H,15-16H2,1-3H3,(H,26,30). The van der Waals surface area contributed by atoms with Crippen molar-refractivity contribution in [2.24, 2.45) is 0 Å². The Morgan fingerprint density at radius 1 is 1.09 bits per heavy atom. The number of hydrogen-bond acceptors (Lipinski definition) is 6. The van der Waals surface area contributed by atoms with E-state index in [1.54, 1.807) is 31.3 Å². The van der Waals surface area contributed by atoms with Gasteiger partial charge in [0.2, 0.25) is 5.91 Å². The fraction of sp³-hybridized carbons (Fsp3) is 0.208. The first kappa shape index (κ1) is 21.7. The third-order valence-electron chi connectivity index (χ3n) is 5.01. The van der Waals surface area contributed by atoms with Crippen LogP contribution in [-0.2, 0) is 17.1 Å². The lowest BCUT2D eigenvalue weighted by atomic mass is 10.2. The van der Waals surface area contributed by atoms with Crippen molar-refractivity contribution in [3.8, 4) is 5.75 Å². The third kappa shape index (κ3) is 5.03. The Kier molecular flexibility index (Phi) is 6.61. The molecule has 4 rings (SSSR count). The topological polar surface area (TPSA) is 72.3 Å². The molecule has 2 aromatic heterocycles. The Hall–Kier alpha value is -3.52. The summed E-state index contributed by atoms with van der Waals surface area (Å²) >= 11 is 1.59. The summed E-state index contributed by atoms with van der Waals surface area (Å²) in [4.78, 5) is 23.8. The number of pyridine rings is 1. The van der Waals surface area contributed by atoms with Crippen LogP contribution in [-0.4, -0.2) is 41.6 Å². The number of methoxy groups -OCH3 is 1. The number of hydrogen-bond donors (Lipinski definition) is 1. The molecule has 0 saturated heterocycles. The molecule has 0 bridgehead atoms. The highest BCUT2D eigenvalue weighted by Gasteiger charge is 2.15. The second kappa shape index (κ2) is 9.74. The maximum absolute atomic E-state index is 12.8. The van der Waals surface area contributed by atoms with Crippen molar-refractivity contribution in [2.45, 2.75) is 17.5 Å². The molecule has 0 unspecified atom stereocenters. The number of imidazole rings is 1.